The first-order valence-electron chi connectivity index (χ1n) is 12.6. The molecule has 4 aromatic rings. The van der Waals surface area contributed by atoms with Crippen molar-refractivity contribution >= 4 is 35.8 Å². The van der Waals surface area contributed by atoms with Crippen LogP contribution in [0.5, 0.6) is 11.5 Å². The number of rotatable bonds is 5. The molecule has 4 aromatic carbocycles. The summed E-state index contributed by atoms with van der Waals surface area (Å²) in [5.74, 6) is -4.80. The van der Waals surface area contributed by atoms with E-state index in [1.807, 2.05) is 31.2 Å². The number of cyclic esters (lactones) is 4. The lowest BCUT2D eigenvalue weighted by Crippen LogP contribution is -2.13. The Labute approximate surface area is 237 Å². The predicted molar refractivity (Wildman–Crippen MR) is 144 cm³/mol. The molecule has 0 radical (unpaired) electrons. The Bertz CT molecular complexity index is 1920. The Hall–Kier alpha value is -5.90. The Morgan fingerprint density at radius 3 is 1.67 bits per heavy atom. The normalized spacial score (nSPS) is 13.3. The van der Waals surface area contributed by atoms with Gasteiger partial charge in [-0.15, -0.1) is 0 Å². The average molecular weight is 562 g/mol. The minimum Gasteiger partial charge on any atom is -0.423 e. The highest BCUT2D eigenvalue weighted by molar-refractivity contribution is 6.16. The van der Waals surface area contributed by atoms with E-state index in [2.05, 4.69) is 9.47 Å². The van der Waals surface area contributed by atoms with Gasteiger partial charge in [0.2, 0.25) is 0 Å². The van der Waals surface area contributed by atoms with E-state index >= 15 is 0 Å². The van der Waals surface area contributed by atoms with Crippen molar-refractivity contribution in [1.29, 1.82) is 0 Å². The number of fused-ring (bicyclic) bond motifs is 2. The molecule has 0 unspecified atom stereocenters. The number of benzene rings is 4. The van der Waals surface area contributed by atoms with Gasteiger partial charge in [-0.3, -0.25) is 0 Å². The van der Waals surface area contributed by atoms with Gasteiger partial charge in [0.05, 0.1) is 33.4 Å². The second-order valence-electron chi connectivity index (χ2n) is 9.59. The lowest BCUT2D eigenvalue weighted by molar-refractivity contribution is 0.0425. The Morgan fingerprint density at radius 2 is 1.10 bits per heavy atom. The fraction of sp³-hybridized carbons (Fsp3) is 0.0625. The lowest BCUT2D eigenvalue weighted by atomic mass is 9.99. The molecule has 0 bridgehead atoms. The van der Waals surface area contributed by atoms with Crippen LogP contribution in [-0.4, -0.2) is 35.8 Å². The Morgan fingerprint density at radius 1 is 0.571 bits per heavy atom. The van der Waals surface area contributed by atoms with Crippen LogP contribution in [0.3, 0.4) is 0 Å². The van der Waals surface area contributed by atoms with Gasteiger partial charge in [-0.05, 0) is 67.9 Å². The third-order valence-electron chi connectivity index (χ3n) is 6.84. The molecule has 0 amide bonds. The van der Waals surface area contributed by atoms with Crippen LogP contribution in [0.2, 0.25) is 0 Å². The summed E-state index contributed by atoms with van der Waals surface area (Å²) in [6.07, 6.45) is 0. The smallest absolute Gasteiger partial charge is 0.346 e. The molecule has 0 fully saturated rings. The maximum absolute atomic E-state index is 13.3. The van der Waals surface area contributed by atoms with Crippen molar-refractivity contribution in [3.8, 4) is 22.6 Å². The van der Waals surface area contributed by atoms with Crippen molar-refractivity contribution in [3.05, 3.63) is 117 Å². The molecular formula is C32H18O10. The van der Waals surface area contributed by atoms with E-state index in [-0.39, 0.29) is 44.9 Å². The number of hydrogen-bond acceptors (Lipinski definition) is 10. The first-order chi connectivity index (χ1) is 20.1. The summed E-state index contributed by atoms with van der Waals surface area (Å²) in [5.41, 5.74) is 2.51. The first-order valence-corrected chi connectivity index (χ1v) is 12.6. The maximum Gasteiger partial charge on any atom is 0.346 e. The zero-order valence-corrected chi connectivity index (χ0v) is 22.0. The fourth-order valence-electron chi connectivity index (χ4n) is 4.69. The van der Waals surface area contributed by atoms with E-state index in [0.717, 1.165) is 11.1 Å². The van der Waals surface area contributed by atoms with Crippen LogP contribution in [0.15, 0.2) is 72.8 Å². The highest BCUT2D eigenvalue weighted by Crippen LogP contribution is 2.39. The van der Waals surface area contributed by atoms with Crippen LogP contribution in [0.1, 0.15) is 73.3 Å². The average Bonchev–Trinajstić information content (AvgIpc) is 3.43. The van der Waals surface area contributed by atoms with Gasteiger partial charge in [0.1, 0.15) is 11.5 Å². The van der Waals surface area contributed by atoms with Crippen molar-refractivity contribution in [3.63, 3.8) is 0 Å². The molecule has 10 heteroatoms. The minimum atomic E-state index is -0.862. The van der Waals surface area contributed by atoms with Gasteiger partial charge < -0.3 is 18.9 Å². The summed E-state index contributed by atoms with van der Waals surface area (Å²) in [7, 11) is 0. The zero-order valence-electron chi connectivity index (χ0n) is 22.0. The molecule has 42 heavy (non-hydrogen) atoms. The molecular weight excluding hydrogens is 544 g/mol. The Balaban J connectivity index is 1.36. The predicted octanol–water partition coefficient (Wildman–Crippen LogP) is 5.03. The van der Waals surface area contributed by atoms with E-state index in [4.69, 9.17) is 9.47 Å². The number of carbonyl (C=O) groups excluding carboxylic acids is 6. The molecule has 6 rings (SSSR count). The summed E-state index contributed by atoms with van der Waals surface area (Å²) in [5, 5.41) is 0. The second kappa shape index (κ2) is 9.93. The molecule has 0 saturated carbocycles. The van der Waals surface area contributed by atoms with E-state index in [1.54, 1.807) is 19.1 Å². The van der Waals surface area contributed by atoms with Crippen molar-refractivity contribution in [1.82, 2.24) is 0 Å². The number of aryl methyl sites for hydroxylation is 1. The van der Waals surface area contributed by atoms with Crippen LogP contribution < -0.4 is 9.47 Å². The molecule has 0 aromatic heterocycles. The molecule has 206 valence electrons. The van der Waals surface area contributed by atoms with Crippen LogP contribution in [0.4, 0.5) is 0 Å². The number of ether oxygens (including phenoxy) is 4. The van der Waals surface area contributed by atoms with Gasteiger partial charge >= 0.3 is 35.8 Å². The molecule has 0 N–H and O–H groups in total. The lowest BCUT2D eigenvalue weighted by Gasteiger charge is -2.17. The van der Waals surface area contributed by atoms with Crippen molar-refractivity contribution in [2.24, 2.45) is 0 Å². The van der Waals surface area contributed by atoms with E-state index in [9.17, 15) is 28.8 Å². The first kappa shape index (κ1) is 26.3. The van der Waals surface area contributed by atoms with Gasteiger partial charge in [-0.25, -0.2) is 28.8 Å². The quantitative estimate of drug-likeness (QED) is 0.185. The third kappa shape index (κ3) is 4.50. The van der Waals surface area contributed by atoms with Gasteiger partial charge in [0.25, 0.3) is 0 Å². The molecule has 0 atom stereocenters. The van der Waals surface area contributed by atoms with E-state index in [0.29, 0.717) is 11.1 Å². The largest absolute Gasteiger partial charge is 0.423 e. The number of carbonyl (C=O) groups is 6. The number of hydrogen-bond donors (Lipinski definition) is 0. The monoisotopic (exact) mass is 562 g/mol. The highest BCUT2D eigenvalue weighted by Gasteiger charge is 2.32. The number of esters is 6. The van der Waals surface area contributed by atoms with Crippen molar-refractivity contribution in [2.75, 3.05) is 0 Å². The van der Waals surface area contributed by atoms with Gasteiger partial charge in [-0.1, -0.05) is 29.8 Å². The second-order valence-corrected chi connectivity index (χ2v) is 9.59. The molecule has 10 nitrogen and oxygen atoms in total. The van der Waals surface area contributed by atoms with Crippen LogP contribution in [0, 0.1) is 13.8 Å². The summed E-state index contributed by atoms with van der Waals surface area (Å²) >= 11 is 0. The SMILES string of the molecule is Cc1cccc(-c2ccc(OC(=O)c3ccc4c(c3)C(=O)OC4=O)c(C)c2OC(=O)c2ccc3c(c2)C(=O)OC3=O)c1. The van der Waals surface area contributed by atoms with E-state index < -0.39 is 35.8 Å². The van der Waals surface area contributed by atoms with Crippen molar-refractivity contribution < 1.29 is 47.7 Å². The summed E-state index contributed by atoms with van der Waals surface area (Å²) < 4.78 is 20.6. The topological polar surface area (TPSA) is 139 Å². The van der Waals surface area contributed by atoms with Gasteiger partial charge in [0, 0.05) is 11.1 Å². The fourth-order valence-corrected chi connectivity index (χ4v) is 4.69. The molecule has 2 aliphatic rings. The van der Waals surface area contributed by atoms with Crippen molar-refractivity contribution in [2.45, 2.75) is 13.8 Å². The molecule has 2 aliphatic heterocycles. The Kier molecular flexibility index (Phi) is 6.23. The minimum absolute atomic E-state index is 0.000629. The maximum atomic E-state index is 13.3. The van der Waals surface area contributed by atoms with Gasteiger partial charge in [0.15, 0.2) is 0 Å². The third-order valence-corrected chi connectivity index (χ3v) is 6.84. The zero-order chi connectivity index (χ0) is 29.7. The summed E-state index contributed by atoms with van der Waals surface area (Å²) in [6, 6.07) is 18.4. The summed E-state index contributed by atoms with van der Waals surface area (Å²) in [6.45, 7) is 3.51. The summed E-state index contributed by atoms with van der Waals surface area (Å²) in [4.78, 5) is 73.8. The highest BCUT2D eigenvalue weighted by atomic mass is 16.6. The molecule has 0 spiro atoms. The van der Waals surface area contributed by atoms with Crippen LogP contribution in [0.25, 0.3) is 11.1 Å². The van der Waals surface area contributed by atoms with Crippen LogP contribution >= 0.6 is 0 Å². The molecule has 2 heterocycles. The standard InChI is InChI=1S/C32H18O10/c1-15-4-3-5-17(12-15)20-10-11-25(39-27(33)18-6-8-21-23(13-18)31(37)41-29(21)35)16(2)26(20)40-28(34)19-7-9-22-24(14-19)32(38)42-30(22)36/h3-14H,1-2H3. The van der Waals surface area contributed by atoms with Crippen LogP contribution in [-0.2, 0) is 9.47 Å². The molecule has 0 saturated heterocycles. The van der Waals surface area contributed by atoms with Gasteiger partial charge in [-0.2, -0.15) is 0 Å². The molecule has 0 aliphatic carbocycles. The van der Waals surface area contributed by atoms with E-state index in [1.165, 1.54) is 36.4 Å².